The molecule has 0 spiro atoms. The predicted molar refractivity (Wildman–Crippen MR) is 113 cm³/mol. The third kappa shape index (κ3) is 3.05. The van der Waals surface area contributed by atoms with Gasteiger partial charge in [-0.1, -0.05) is 25.5 Å². The summed E-state index contributed by atoms with van der Waals surface area (Å²) in [6.07, 6.45) is 14.0. The molecule has 1 heterocycles. The first-order valence-electron chi connectivity index (χ1n) is 11.7. The molecule has 4 aliphatic carbocycles. The minimum Gasteiger partial charge on any atom is -0.390 e. The molecule has 4 nitrogen and oxygen atoms in total. The van der Waals surface area contributed by atoms with Crippen LogP contribution in [0.4, 0.5) is 0 Å². The van der Waals surface area contributed by atoms with Crippen LogP contribution in [0.2, 0.25) is 0 Å². The molecule has 158 valence electrons. The largest absolute Gasteiger partial charge is 0.390 e. The van der Waals surface area contributed by atoms with Gasteiger partial charge in [0.15, 0.2) is 5.78 Å². The standard InChI is InChI=1S/C25H36N2O2/c1-16-13-20-17(14-25(16,3)29)5-6-19-18(20)9-10-24(2)21(19)7-8-22(24)23(28)15-27-12-4-11-26-27/h4-5,11-12,16,18-22,29H,6-10,13-15H2,1-3H3/t16-,18+,19-,20+,21+,22-,24+,25+/m1/s1. The molecule has 5 rings (SSSR count). The second-order valence-electron chi connectivity index (χ2n) is 11.1. The summed E-state index contributed by atoms with van der Waals surface area (Å²) in [6, 6.07) is 1.89. The highest BCUT2D eigenvalue weighted by Crippen LogP contribution is 2.64. The molecule has 0 unspecified atom stereocenters. The summed E-state index contributed by atoms with van der Waals surface area (Å²) >= 11 is 0. The van der Waals surface area contributed by atoms with E-state index in [1.165, 1.54) is 24.8 Å². The molecule has 29 heavy (non-hydrogen) atoms. The van der Waals surface area contributed by atoms with E-state index in [4.69, 9.17) is 0 Å². The minimum absolute atomic E-state index is 0.155. The molecule has 8 atom stereocenters. The smallest absolute Gasteiger partial charge is 0.157 e. The second kappa shape index (κ2) is 6.80. The molecule has 1 N–H and O–H groups in total. The van der Waals surface area contributed by atoms with E-state index < -0.39 is 5.60 Å². The normalized spacial score (nSPS) is 46.4. The highest BCUT2D eigenvalue weighted by Gasteiger charge is 2.58. The van der Waals surface area contributed by atoms with E-state index in [1.807, 2.05) is 19.2 Å². The fraction of sp³-hybridized carbons (Fsp3) is 0.760. The van der Waals surface area contributed by atoms with Gasteiger partial charge in [0, 0.05) is 18.3 Å². The van der Waals surface area contributed by atoms with Crippen LogP contribution in [0, 0.1) is 40.9 Å². The monoisotopic (exact) mass is 396 g/mol. The lowest BCUT2D eigenvalue weighted by Crippen LogP contribution is -2.50. The van der Waals surface area contributed by atoms with E-state index in [0.29, 0.717) is 30.1 Å². The van der Waals surface area contributed by atoms with E-state index in [-0.39, 0.29) is 11.3 Å². The number of carbonyl (C=O) groups excluding carboxylic acids is 1. The second-order valence-corrected chi connectivity index (χ2v) is 11.1. The molecule has 0 aliphatic heterocycles. The van der Waals surface area contributed by atoms with Crippen LogP contribution < -0.4 is 0 Å². The first-order chi connectivity index (χ1) is 13.8. The lowest BCUT2D eigenvalue weighted by Gasteiger charge is -2.55. The van der Waals surface area contributed by atoms with Crippen molar-refractivity contribution in [3.05, 3.63) is 30.1 Å². The van der Waals surface area contributed by atoms with Crippen LogP contribution in [0.25, 0.3) is 0 Å². The van der Waals surface area contributed by atoms with Gasteiger partial charge in [-0.15, -0.1) is 0 Å². The number of hydrogen-bond acceptors (Lipinski definition) is 3. The summed E-state index contributed by atoms with van der Waals surface area (Å²) in [6.45, 7) is 7.09. The van der Waals surface area contributed by atoms with Crippen LogP contribution in [0.15, 0.2) is 30.1 Å². The van der Waals surface area contributed by atoms with E-state index in [0.717, 1.165) is 37.5 Å². The zero-order chi connectivity index (χ0) is 20.4. The molecule has 0 bridgehead atoms. The van der Waals surface area contributed by atoms with Gasteiger partial charge in [-0.3, -0.25) is 9.48 Å². The number of nitrogens with zero attached hydrogens (tertiary/aromatic N) is 2. The van der Waals surface area contributed by atoms with Gasteiger partial charge in [-0.05, 0) is 92.9 Å². The molecule has 0 amide bonds. The van der Waals surface area contributed by atoms with Gasteiger partial charge in [0.25, 0.3) is 0 Å². The van der Waals surface area contributed by atoms with Crippen molar-refractivity contribution in [2.75, 3.05) is 0 Å². The molecule has 1 aromatic heterocycles. The third-order valence-corrected chi connectivity index (χ3v) is 9.63. The Hall–Kier alpha value is -1.42. The number of aliphatic hydroxyl groups is 1. The van der Waals surface area contributed by atoms with Crippen LogP contribution >= 0.6 is 0 Å². The SMILES string of the molecule is C[C@@H]1C[C@H]2C(=CC[C@@H]3[C@@H]2CC[C@]2(C)[C@@H](C(=O)Cn4cccn4)CC[C@@H]32)C[C@]1(C)O. The number of hydrogen-bond donors (Lipinski definition) is 1. The number of ketones is 1. The van der Waals surface area contributed by atoms with E-state index in [2.05, 4.69) is 25.0 Å². The Balaban J connectivity index is 1.36. The Morgan fingerprint density at radius 2 is 2.10 bits per heavy atom. The Morgan fingerprint density at radius 1 is 1.28 bits per heavy atom. The third-order valence-electron chi connectivity index (χ3n) is 9.63. The van der Waals surface area contributed by atoms with Crippen LogP contribution in [-0.4, -0.2) is 26.3 Å². The molecule has 4 aliphatic rings. The number of allylic oxidation sites excluding steroid dienone is 1. The van der Waals surface area contributed by atoms with E-state index in [1.54, 1.807) is 10.9 Å². The van der Waals surface area contributed by atoms with Crippen molar-refractivity contribution in [2.24, 2.45) is 40.9 Å². The molecule has 0 saturated heterocycles. The van der Waals surface area contributed by atoms with Gasteiger partial charge in [0.2, 0.25) is 0 Å². The van der Waals surface area contributed by atoms with Gasteiger partial charge in [-0.25, -0.2) is 0 Å². The minimum atomic E-state index is -0.546. The lowest BCUT2D eigenvalue weighted by molar-refractivity contribution is -0.130. The fourth-order valence-electron chi connectivity index (χ4n) is 7.81. The van der Waals surface area contributed by atoms with Crippen LogP contribution in [0.1, 0.15) is 65.7 Å². The Bertz CT molecular complexity index is 811. The summed E-state index contributed by atoms with van der Waals surface area (Å²) in [5.74, 6) is 3.74. The van der Waals surface area contributed by atoms with Gasteiger partial charge in [0.1, 0.15) is 0 Å². The van der Waals surface area contributed by atoms with Gasteiger partial charge >= 0.3 is 0 Å². The maximum absolute atomic E-state index is 13.2. The Kier molecular flexibility index (Phi) is 4.58. The summed E-state index contributed by atoms with van der Waals surface area (Å²) < 4.78 is 1.79. The van der Waals surface area contributed by atoms with Crippen molar-refractivity contribution in [1.82, 2.24) is 9.78 Å². The van der Waals surface area contributed by atoms with Crippen molar-refractivity contribution in [1.29, 1.82) is 0 Å². The number of carbonyl (C=O) groups is 1. The van der Waals surface area contributed by atoms with Gasteiger partial charge < -0.3 is 5.11 Å². The fourth-order valence-corrected chi connectivity index (χ4v) is 7.81. The average molecular weight is 397 g/mol. The van der Waals surface area contributed by atoms with Crippen LogP contribution in [0.5, 0.6) is 0 Å². The predicted octanol–water partition coefficient (Wildman–Crippen LogP) is 4.64. The first-order valence-corrected chi connectivity index (χ1v) is 11.7. The Morgan fingerprint density at radius 3 is 2.86 bits per heavy atom. The number of Topliss-reactive ketones (excluding diaryl/α,β-unsaturated/α-hetero) is 1. The zero-order valence-electron chi connectivity index (χ0n) is 18.2. The highest BCUT2D eigenvalue weighted by atomic mass is 16.3. The van der Waals surface area contributed by atoms with Crippen molar-refractivity contribution in [2.45, 2.75) is 77.9 Å². The van der Waals surface area contributed by atoms with Crippen molar-refractivity contribution < 1.29 is 9.90 Å². The van der Waals surface area contributed by atoms with Gasteiger partial charge in [-0.2, -0.15) is 5.10 Å². The molecular formula is C25H36N2O2. The average Bonchev–Trinajstić information content (AvgIpc) is 3.29. The number of aromatic nitrogens is 2. The molecule has 0 aromatic carbocycles. The Labute approximate surface area is 174 Å². The lowest BCUT2D eigenvalue weighted by atomic mass is 9.50. The molecule has 3 fully saturated rings. The molecule has 1 aromatic rings. The zero-order valence-corrected chi connectivity index (χ0v) is 18.2. The van der Waals surface area contributed by atoms with Crippen molar-refractivity contribution >= 4 is 5.78 Å². The number of rotatable bonds is 3. The summed E-state index contributed by atoms with van der Waals surface area (Å²) in [7, 11) is 0. The van der Waals surface area contributed by atoms with E-state index >= 15 is 0 Å². The van der Waals surface area contributed by atoms with Crippen molar-refractivity contribution in [3.63, 3.8) is 0 Å². The first kappa shape index (κ1) is 19.5. The van der Waals surface area contributed by atoms with Crippen molar-refractivity contribution in [3.8, 4) is 0 Å². The topological polar surface area (TPSA) is 55.1 Å². The summed E-state index contributed by atoms with van der Waals surface area (Å²) in [5.41, 5.74) is 1.14. The molecule has 3 saturated carbocycles. The molecule has 0 radical (unpaired) electrons. The van der Waals surface area contributed by atoms with Crippen LogP contribution in [0.3, 0.4) is 0 Å². The molecule has 4 heteroatoms. The van der Waals surface area contributed by atoms with Gasteiger partial charge in [0.05, 0.1) is 12.1 Å². The van der Waals surface area contributed by atoms with E-state index in [9.17, 15) is 9.90 Å². The maximum atomic E-state index is 13.2. The quantitative estimate of drug-likeness (QED) is 0.758. The van der Waals surface area contributed by atoms with Crippen LogP contribution in [-0.2, 0) is 11.3 Å². The summed E-state index contributed by atoms with van der Waals surface area (Å²) in [4.78, 5) is 13.2. The highest BCUT2D eigenvalue weighted by molar-refractivity contribution is 5.82. The molecular weight excluding hydrogens is 360 g/mol. The maximum Gasteiger partial charge on any atom is 0.157 e. The summed E-state index contributed by atoms with van der Waals surface area (Å²) in [5, 5.41) is 15.0. The number of fused-ring (bicyclic) bond motifs is 5.